The standard InChI is InChI=1S/C10H10N3O/c1-13(10-8-14-12-11-10)7-9-5-3-2-4-6-9/h2-8H,1H3. The molecule has 1 radical (unpaired) electrons. The Labute approximate surface area is 82.1 Å². The number of anilines is 1. The highest BCUT2D eigenvalue weighted by atomic mass is 16.5. The van der Waals surface area contributed by atoms with E-state index in [4.69, 9.17) is 0 Å². The first-order chi connectivity index (χ1) is 6.86. The van der Waals surface area contributed by atoms with E-state index in [1.807, 2.05) is 48.8 Å². The molecule has 0 aliphatic heterocycles. The molecule has 0 amide bonds. The molecule has 0 spiro atoms. The van der Waals surface area contributed by atoms with Crippen molar-refractivity contribution in [3.8, 4) is 0 Å². The number of hydrogen-bond acceptors (Lipinski definition) is 4. The lowest BCUT2D eigenvalue weighted by molar-refractivity contribution is 0.393. The minimum Gasteiger partial charge on any atom is -0.346 e. The zero-order chi connectivity index (χ0) is 9.80. The van der Waals surface area contributed by atoms with Gasteiger partial charge in [-0.1, -0.05) is 35.4 Å². The van der Waals surface area contributed by atoms with E-state index in [0.29, 0.717) is 5.82 Å². The van der Waals surface area contributed by atoms with E-state index in [1.165, 1.54) is 6.26 Å². The second-order valence-corrected chi connectivity index (χ2v) is 2.91. The second kappa shape index (κ2) is 3.91. The Kier molecular flexibility index (Phi) is 2.44. The number of benzene rings is 1. The molecule has 1 aromatic heterocycles. The van der Waals surface area contributed by atoms with Crippen LogP contribution in [0.3, 0.4) is 0 Å². The molecular formula is C10H10N3O. The van der Waals surface area contributed by atoms with E-state index < -0.39 is 0 Å². The molecule has 1 heterocycles. The van der Waals surface area contributed by atoms with Crippen LogP contribution in [0.25, 0.3) is 0 Å². The minimum absolute atomic E-state index is 0.689. The molecule has 4 heteroatoms. The number of aromatic nitrogens is 2. The third-order valence-corrected chi connectivity index (χ3v) is 1.85. The average molecular weight is 188 g/mol. The van der Waals surface area contributed by atoms with E-state index in [1.54, 1.807) is 0 Å². The number of rotatable bonds is 3. The highest BCUT2D eigenvalue weighted by Crippen LogP contribution is 2.12. The fraction of sp³-hybridized carbons (Fsp3) is 0.100. The molecule has 0 N–H and O–H groups in total. The molecule has 0 unspecified atom stereocenters. The molecule has 71 valence electrons. The van der Waals surface area contributed by atoms with Gasteiger partial charge in [0.25, 0.3) is 0 Å². The summed E-state index contributed by atoms with van der Waals surface area (Å²) in [5.74, 6) is 0.689. The van der Waals surface area contributed by atoms with Crippen LogP contribution in [-0.4, -0.2) is 17.4 Å². The van der Waals surface area contributed by atoms with Gasteiger partial charge in [0, 0.05) is 12.3 Å². The first-order valence-corrected chi connectivity index (χ1v) is 4.26. The van der Waals surface area contributed by atoms with Crippen LogP contribution in [0, 0.1) is 6.54 Å². The smallest absolute Gasteiger partial charge is 0.193 e. The molecule has 0 aliphatic rings. The van der Waals surface area contributed by atoms with Gasteiger partial charge in [-0.15, -0.1) is 0 Å². The van der Waals surface area contributed by atoms with E-state index >= 15 is 0 Å². The second-order valence-electron chi connectivity index (χ2n) is 2.91. The Morgan fingerprint density at radius 3 is 2.71 bits per heavy atom. The SMILES string of the molecule is CN([CH]c1ccccc1)c1conn1. The van der Waals surface area contributed by atoms with Gasteiger partial charge in [-0.25, -0.2) is 0 Å². The van der Waals surface area contributed by atoms with Crippen molar-refractivity contribution in [1.29, 1.82) is 0 Å². The molecule has 0 atom stereocenters. The number of nitrogens with zero attached hydrogens (tertiary/aromatic N) is 3. The van der Waals surface area contributed by atoms with Gasteiger partial charge < -0.3 is 9.42 Å². The summed E-state index contributed by atoms with van der Waals surface area (Å²) in [6.45, 7) is 1.96. The molecule has 1 aromatic carbocycles. The van der Waals surface area contributed by atoms with Crippen molar-refractivity contribution in [3.63, 3.8) is 0 Å². The molecule has 2 aromatic rings. The Morgan fingerprint density at radius 1 is 1.29 bits per heavy atom. The maximum atomic E-state index is 4.65. The minimum atomic E-state index is 0.689. The van der Waals surface area contributed by atoms with Crippen molar-refractivity contribution in [3.05, 3.63) is 48.7 Å². The largest absolute Gasteiger partial charge is 0.346 e. The van der Waals surface area contributed by atoms with Gasteiger partial charge in [-0.3, -0.25) is 0 Å². The summed E-state index contributed by atoms with van der Waals surface area (Å²) in [5, 5.41) is 7.19. The van der Waals surface area contributed by atoms with Gasteiger partial charge in [0.05, 0.1) is 6.54 Å². The van der Waals surface area contributed by atoms with Crippen LogP contribution < -0.4 is 4.90 Å². The molecule has 0 fully saturated rings. The van der Waals surface area contributed by atoms with Gasteiger partial charge in [-0.05, 0) is 5.56 Å². The van der Waals surface area contributed by atoms with Crippen molar-refractivity contribution in [2.45, 2.75) is 0 Å². The summed E-state index contributed by atoms with van der Waals surface area (Å²) in [7, 11) is 1.90. The molecule has 14 heavy (non-hydrogen) atoms. The van der Waals surface area contributed by atoms with Gasteiger partial charge in [0.1, 0.15) is 0 Å². The lowest BCUT2D eigenvalue weighted by Gasteiger charge is -2.13. The highest BCUT2D eigenvalue weighted by Gasteiger charge is 2.05. The molecular weight excluding hydrogens is 178 g/mol. The van der Waals surface area contributed by atoms with Crippen molar-refractivity contribution >= 4 is 5.82 Å². The van der Waals surface area contributed by atoms with Crippen molar-refractivity contribution in [2.24, 2.45) is 0 Å². The molecule has 0 aliphatic carbocycles. The Morgan fingerprint density at radius 2 is 2.07 bits per heavy atom. The summed E-state index contributed by atoms with van der Waals surface area (Å²) in [4.78, 5) is 1.85. The zero-order valence-corrected chi connectivity index (χ0v) is 7.79. The molecule has 0 saturated carbocycles. The van der Waals surface area contributed by atoms with E-state index in [9.17, 15) is 0 Å². The van der Waals surface area contributed by atoms with Crippen LogP contribution in [0.1, 0.15) is 5.56 Å². The van der Waals surface area contributed by atoms with Crippen molar-refractivity contribution < 1.29 is 4.52 Å². The third kappa shape index (κ3) is 1.90. The summed E-state index contributed by atoms with van der Waals surface area (Å²) in [5.41, 5.74) is 1.11. The Hall–Kier alpha value is -1.84. The van der Waals surface area contributed by atoms with Crippen LogP contribution in [0.2, 0.25) is 0 Å². The van der Waals surface area contributed by atoms with E-state index in [2.05, 4.69) is 14.9 Å². The first-order valence-electron chi connectivity index (χ1n) is 4.26. The number of hydrogen-bond donors (Lipinski definition) is 0. The molecule has 0 saturated heterocycles. The van der Waals surface area contributed by atoms with Crippen LogP contribution in [0.5, 0.6) is 0 Å². The normalized spacial score (nSPS) is 10.1. The highest BCUT2D eigenvalue weighted by molar-refractivity contribution is 5.40. The predicted octanol–water partition coefficient (Wildman–Crippen LogP) is 1.72. The first kappa shape index (κ1) is 8.74. The summed E-state index contributed by atoms with van der Waals surface area (Å²) in [6.07, 6.45) is 1.50. The summed E-state index contributed by atoms with van der Waals surface area (Å²) in [6, 6.07) is 9.99. The quantitative estimate of drug-likeness (QED) is 0.735. The van der Waals surface area contributed by atoms with Crippen LogP contribution in [0.4, 0.5) is 5.82 Å². The molecule has 0 bridgehead atoms. The maximum Gasteiger partial charge on any atom is 0.193 e. The van der Waals surface area contributed by atoms with Crippen molar-refractivity contribution in [2.75, 3.05) is 11.9 Å². The van der Waals surface area contributed by atoms with Gasteiger partial charge in [0.15, 0.2) is 12.1 Å². The Balaban J connectivity index is 2.06. The van der Waals surface area contributed by atoms with Crippen molar-refractivity contribution in [1.82, 2.24) is 10.4 Å². The fourth-order valence-electron chi connectivity index (χ4n) is 1.14. The molecule has 2 rings (SSSR count). The molecule has 4 nitrogen and oxygen atoms in total. The predicted molar refractivity (Wildman–Crippen MR) is 52.5 cm³/mol. The topological polar surface area (TPSA) is 42.2 Å². The zero-order valence-electron chi connectivity index (χ0n) is 7.79. The fourth-order valence-corrected chi connectivity index (χ4v) is 1.14. The van der Waals surface area contributed by atoms with E-state index in [-0.39, 0.29) is 0 Å². The summed E-state index contributed by atoms with van der Waals surface area (Å²) >= 11 is 0. The van der Waals surface area contributed by atoms with Gasteiger partial charge >= 0.3 is 0 Å². The van der Waals surface area contributed by atoms with E-state index in [0.717, 1.165) is 5.56 Å². The average Bonchev–Trinajstić information content (AvgIpc) is 2.72. The maximum absolute atomic E-state index is 4.65. The summed E-state index contributed by atoms with van der Waals surface area (Å²) < 4.78 is 4.65. The van der Waals surface area contributed by atoms with Gasteiger partial charge in [0.2, 0.25) is 0 Å². The third-order valence-electron chi connectivity index (χ3n) is 1.85. The monoisotopic (exact) mass is 188 g/mol. The Bertz CT molecular complexity index is 372. The van der Waals surface area contributed by atoms with Crippen LogP contribution in [0.15, 0.2) is 41.1 Å². The van der Waals surface area contributed by atoms with Crippen LogP contribution in [-0.2, 0) is 0 Å². The van der Waals surface area contributed by atoms with Gasteiger partial charge in [-0.2, -0.15) is 0 Å². The van der Waals surface area contributed by atoms with Crippen LogP contribution >= 0.6 is 0 Å². The lowest BCUT2D eigenvalue weighted by Crippen LogP contribution is -2.14. The lowest BCUT2D eigenvalue weighted by atomic mass is 10.2.